The quantitative estimate of drug-likeness (QED) is 0.573. The topological polar surface area (TPSA) is 79.7 Å². The fraction of sp³-hybridized carbons (Fsp3) is 0.192. The third-order valence-electron chi connectivity index (χ3n) is 5.57. The third-order valence-corrected chi connectivity index (χ3v) is 5.57. The minimum atomic E-state index is -0.791. The number of amides is 2. The van der Waals surface area contributed by atoms with Crippen molar-refractivity contribution in [3.05, 3.63) is 95.1 Å². The first-order chi connectivity index (χ1) is 16.0. The van der Waals surface area contributed by atoms with Gasteiger partial charge < -0.3 is 14.8 Å². The highest BCUT2D eigenvalue weighted by atomic mass is 16.5. The lowest BCUT2D eigenvalue weighted by Crippen LogP contribution is -2.42. The van der Waals surface area contributed by atoms with Gasteiger partial charge in [-0.15, -0.1) is 10.1 Å². The highest BCUT2D eigenvalue weighted by Gasteiger charge is 2.47. The number of hydrogen-bond donors (Lipinski definition) is 2. The van der Waals surface area contributed by atoms with Gasteiger partial charge in [-0.1, -0.05) is 17.7 Å². The van der Waals surface area contributed by atoms with Crippen molar-refractivity contribution in [1.82, 2.24) is 10.7 Å². The van der Waals surface area contributed by atoms with E-state index in [2.05, 4.69) is 10.7 Å². The van der Waals surface area contributed by atoms with E-state index in [1.165, 1.54) is 0 Å². The van der Waals surface area contributed by atoms with Crippen LogP contribution in [0.15, 0.2) is 72.8 Å². The molecule has 3 aromatic carbocycles. The number of hydrogen-bond acceptors (Lipinski definition) is 4. The number of nitrogens with zero attached hydrogens (tertiary/aromatic N) is 1. The summed E-state index contributed by atoms with van der Waals surface area (Å²) in [6, 6.07) is 21.0. The first-order valence-electron chi connectivity index (χ1n) is 10.6. The summed E-state index contributed by atoms with van der Waals surface area (Å²) in [6.07, 6.45) is 1.84. The predicted molar refractivity (Wildman–Crippen MR) is 125 cm³/mol. The second-order valence-electron chi connectivity index (χ2n) is 7.82. The molecule has 33 heavy (non-hydrogen) atoms. The Bertz CT molecular complexity index is 1190. The molecule has 0 aliphatic carbocycles. The molecule has 0 aromatic heterocycles. The zero-order valence-electron chi connectivity index (χ0n) is 18.7. The van der Waals surface area contributed by atoms with Crippen LogP contribution in [-0.2, 0) is 4.79 Å². The van der Waals surface area contributed by atoms with Crippen LogP contribution in [0.25, 0.3) is 0 Å². The Balaban J connectivity index is 1.69. The molecule has 2 atom stereocenters. The van der Waals surface area contributed by atoms with Crippen LogP contribution in [0.2, 0.25) is 0 Å². The van der Waals surface area contributed by atoms with Crippen LogP contribution in [0.5, 0.6) is 11.5 Å². The summed E-state index contributed by atoms with van der Waals surface area (Å²) >= 11 is 0. The van der Waals surface area contributed by atoms with Crippen molar-refractivity contribution in [3.8, 4) is 11.5 Å². The van der Waals surface area contributed by atoms with Crippen LogP contribution in [0.4, 0.5) is 0 Å². The molecule has 0 saturated carbocycles. The molecule has 4 rings (SSSR count). The Hall–Kier alpha value is -4.13. The molecule has 1 aliphatic heterocycles. The van der Waals surface area contributed by atoms with Crippen LogP contribution >= 0.6 is 0 Å². The van der Waals surface area contributed by atoms with Crippen molar-refractivity contribution in [2.75, 3.05) is 14.2 Å². The van der Waals surface area contributed by atoms with E-state index in [4.69, 9.17) is 9.47 Å². The largest absolute Gasteiger partial charge is 0.497 e. The van der Waals surface area contributed by atoms with E-state index in [-0.39, 0.29) is 11.8 Å². The van der Waals surface area contributed by atoms with E-state index in [0.717, 1.165) is 22.4 Å². The van der Waals surface area contributed by atoms with Gasteiger partial charge in [-0.2, -0.15) is 0 Å². The average molecular weight is 445 g/mol. The Labute approximate surface area is 192 Å². The SMILES string of the molecule is COc1ccc(/C=[N+]2\NC(=O)[C@H](NC(=O)c3cccc(C)c3)[C@H]2c2ccc(OC)cc2)cc1. The number of aryl methyl sites for hydroxylation is 1. The Morgan fingerprint density at radius 1 is 0.970 bits per heavy atom. The number of rotatable bonds is 6. The summed E-state index contributed by atoms with van der Waals surface area (Å²) in [5, 5.41) is 2.92. The van der Waals surface area contributed by atoms with Gasteiger partial charge in [0, 0.05) is 16.7 Å². The molecule has 0 spiro atoms. The van der Waals surface area contributed by atoms with E-state index in [1.807, 2.05) is 73.8 Å². The zero-order chi connectivity index (χ0) is 23.4. The molecule has 1 saturated heterocycles. The number of benzene rings is 3. The van der Waals surface area contributed by atoms with E-state index in [1.54, 1.807) is 31.0 Å². The number of hydrazone groups is 1. The van der Waals surface area contributed by atoms with Crippen molar-refractivity contribution in [3.63, 3.8) is 0 Å². The molecule has 0 bridgehead atoms. The molecule has 1 fully saturated rings. The number of methoxy groups -OCH3 is 2. The normalized spacial score (nSPS) is 18.6. The minimum Gasteiger partial charge on any atom is -0.497 e. The third kappa shape index (κ3) is 4.87. The Morgan fingerprint density at radius 2 is 1.61 bits per heavy atom. The molecule has 1 aliphatic rings. The fourth-order valence-electron chi connectivity index (χ4n) is 3.84. The second kappa shape index (κ2) is 9.56. The summed E-state index contributed by atoms with van der Waals surface area (Å²) in [5.41, 5.74) is 6.10. The maximum Gasteiger partial charge on any atom is 0.304 e. The minimum absolute atomic E-state index is 0.290. The lowest BCUT2D eigenvalue weighted by Gasteiger charge is -2.15. The molecule has 2 amide bonds. The number of carbonyl (C=O) groups excluding carboxylic acids is 2. The monoisotopic (exact) mass is 444 g/mol. The molecule has 0 radical (unpaired) electrons. The van der Waals surface area contributed by atoms with Gasteiger partial charge in [0.25, 0.3) is 5.91 Å². The van der Waals surface area contributed by atoms with Gasteiger partial charge in [-0.25, -0.2) is 0 Å². The highest BCUT2D eigenvalue weighted by molar-refractivity contribution is 5.98. The molecule has 168 valence electrons. The molecule has 1 heterocycles. The Morgan fingerprint density at radius 3 is 2.21 bits per heavy atom. The van der Waals surface area contributed by atoms with E-state index in [0.29, 0.717) is 11.3 Å². The number of carbonyl (C=O) groups is 2. The molecule has 7 heteroatoms. The van der Waals surface area contributed by atoms with Crippen LogP contribution in [0.3, 0.4) is 0 Å². The fourth-order valence-corrected chi connectivity index (χ4v) is 3.84. The summed E-state index contributed by atoms with van der Waals surface area (Å²) < 4.78 is 12.2. The summed E-state index contributed by atoms with van der Waals surface area (Å²) in [5.74, 6) is 0.861. The second-order valence-corrected chi connectivity index (χ2v) is 7.82. The van der Waals surface area contributed by atoms with Crippen molar-refractivity contribution in [2.45, 2.75) is 19.0 Å². The van der Waals surface area contributed by atoms with Gasteiger partial charge in [0.15, 0.2) is 6.04 Å². The summed E-state index contributed by atoms with van der Waals surface area (Å²) in [4.78, 5) is 25.9. The Kier molecular flexibility index (Phi) is 6.40. The van der Waals surface area contributed by atoms with Gasteiger partial charge in [-0.3, -0.25) is 9.59 Å². The van der Waals surface area contributed by atoms with E-state index < -0.39 is 12.1 Å². The van der Waals surface area contributed by atoms with Crippen molar-refractivity contribution in [2.24, 2.45) is 0 Å². The highest BCUT2D eigenvalue weighted by Crippen LogP contribution is 2.27. The number of nitrogens with one attached hydrogen (secondary N) is 2. The average Bonchev–Trinajstić information content (AvgIpc) is 3.13. The van der Waals surface area contributed by atoms with Crippen molar-refractivity contribution in [1.29, 1.82) is 0 Å². The van der Waals surface area contributed by atoms with Crippen LogP contribution in [-0.4, -0.2) is 43.0 Å². The molecular formula is C26H26N3O4+. The molecular weight excluding hydrogens is 418 g/mol. The first kappa shape index (κ1) is 22.1. The smallest absolute Gasteiger partial charge is 0.304 e. The van der Waals surface area contributed by atoms with E-state index in [9.17, 15) is 9.59 Å². The number of ether oxygens (including phenoxy) is 2. The number of hydrazine groups is 1. The maximum atomic E-state index is 13.0. The molecule has 2 N–H and O–H groups in total. The lowest BCUT2D eigenvalue weighted by atomic mass is 9.99. The lowest BCUT2D eigenvalue weighted by molar-refractivity contribution is -0.596. The molecule has 0 unspecified atom stereocenters. The molecule has 7 nitrogen and oxygen atoms in total. The van der Waals surface area contributed by atoms with Gasteiger partial charge in [0.05, 0.1) is 14.2 Å². The van der Waals surface area contributed by atoms with Gasteiger partial charge in [0.2, 0.25) is 12.3 Å². The van der Waals surface area contributed by atoms with E-state index >= 15 is 0 Å². The van der Waals surface area contributed by atoms with Crippen molar-refractivity contribution >= 4 is 18.0 Å². The standard InChI is InChI=1S/C26H25N3O4/c1-17-5-4-6-20(15-17)25(30)27-23-24(19-9-13-22(33-3)14-10-19)29(28-26(23)31)16-18-7-11-21(32-2)12-8-18/h4-16,23-24H,1-3H3,(H-,27,28,30,31)/p+1/b29-16-/t23-,24-/m1/s1. The molecule has 3 aromatic rings. The van der Waals surface area contributed by atoms with Gasteiger partial charge in [-0.05, 0) is 67.6 Å². The van der Waals surface area contributed by atoms with Gasteiger partial charge >= 0.3 is 5.91 Å². The first-order valence-corrected chi connectivity index (χ1v) is 10.6. The zero-order valence-corrected chi connectivity index (χ0v) is 18.7. The van der Waals surface area contributed by atoms with Crippen LogP contribution in [0.1, 0.15) is 33.1 Å². The maximum absolute atomic E-state index is 13.0. The van der Waals surface area contributed by atoms with Crippen LogP contribution in [0, 0.1) is 6.92 Å². The van der Waals surface area contributed by atoms with Gasteiger partial charge in [0.1, 0.15) is 11.5 Å². The predicted octanol–water partition coefficient (Wildman–Crippen LogP) is 3.03. The van der Waals surface area contributed by atoms with Crippen molar-refractivity contribution < 1.29 is 23.7 Å². The summed E-state index contributed by atoms with van der Waals surface area (Å²) in [7, 11) is 3.21. The van der Waals surface area contributed by atoms with Crippen LogP contribution < -0.4 is 20.2 Å². The summed E-state index contributed by atoms with van der Waals surface area (Å²) in [6.45, 7) is 1.92.